The fourth-order valence-corrected chi connectivity index (χ4v) is 2.61. The molecule has 0 fully saturated rings. The minimum absolute atomic E-state index is 0.239. The Labute approximate surface area is 139 Å². The summed E-state index contributed by atoms with van der Waals surface area (Å²) < 4.78 is 5.64. The molecule has 2 aromatic rings. The summed E-state index contributed by atoms with van der Waals surface area (Å²) in [6.07, 6.45) is 5.24. The molecule has 0 aliphatic rings. The average molecular weight is 359 g/mol. The van der Waals surface area contributed by atoms with Gasteiger partial charge in [0.05, 0.1) is 0 Å². The first kappa shape index (κ1) is 16.4. The molecule has 0 aromatic heterocycles. The molecule has 0 saturated heterocycles. The van der Waals surface area contributed by atoms with E-state index in [0.29, 0.717) is 5.52 Å². The fourth-order valence-electron chi connectivity index (χ4n) is 2.36. The van der Waals surface area contributed by atoms with Crippen LogP contribution >= 0.6 is 15.9 Å². The van der Waals surface area contributed by atoms with Crippen LogP contribution in [0.3, 0.4) is 0 Å². The zero-order chi connectivity index (χ0) is 15.9. The van der Waals surface area contributed by atoms with E-state index in [1.54, 1.807) is 6.07 Å². The molecule has 0 spiro atoms. The van der Waals surface area contributed by atoms with Crippen molar-refractivity contribution in [2.45, 2.75) is 12.8 Å². The van der Waals surface area contributed by atoms with Gasteiger partial charge in [0, 0.05) is 11.1 Å². The van der Waals surface area contributed by atoms with Gasteiger partial charge < -0.3 is 9.84 Å². The van der Waals surface area contributed by atoms with Crippen molar-refractivity contribution in [1.82, 2.24) is 0 Å². The Morgan fingerprint density at radius 3 is 2.14 bits per heavy atom. The van der Waals surface area contributed by atoms with Crippen molar-refractivity contribution in [3.05, 3.63) is 72.8 Å². The van der Waals surface area contributed by atoms with Crippen LogP contribution in [0.25, 0.3) is 11.1 Å². The second-order valence-corrected chi connectivity index (χ2v) is 5.38. The quantitative estimate of drug-likeness (QED) is 0.541. The lowest BCUT2D eigenvalue weighted by Crippen LogP contribution is -1.95. The Bertz CT molecular complexity index is 677. The first-order valence-electron chi connectivity index (χ1n) is 7.05. The monoisotopic (exact) mass is 358 g/mol. The highest BCUT2D eigenvalue weighted by atomic mass is 79.9. The maximum atomic E-state index is 10.3. The number of phenolic OH excluding ortho intramolecular Hbond substituents is 1. The number of alkyl halides is 1. The van der Waals surface area contributed by atoms with Gasteiger partial charge >= 0.3 is 0 Å². The van der Waals surface area contributed by atoms with E-state index < -0.39 is 0 Å². The number of halogens is 1. The second kappa shape index (κ2) is 7.85. The van der Waals surface area contributed by atoms with Crippen LogP contribution in [0.5, 0.6) is 11.5 Å². The first-order chi connectivity index (χ1) is 10.7. The van der Waals surface area contributed by atoms with Crippen LogP contribution in [0.2, 0.25) is 0 Å². The molecule has 22 heavy (non-hydrogen) atoms. The van der Waals surface area contributed by atoms with Crippen LogP contribution < -0.4 is 4.74 Å². The summed E-state index contributed by atoms with van der Waals surface area (Å²) in [6, 6.07) is 11.6. The summed E-state index contributed by atoms with van der Waals surface area (Å²) in [5.41, 5.74) is 4.26. The molecule has 2 aromatic carbocycles. The topological polar surface area (TPSA) is 29.5 Å². The van der Waals surface area contributed by atoms with E-state index in [2.05, 4.69) is 29.1 Å². The van der Waals surface area contributed by atoms with Crippen molar-refractivity contribution in [2.24, 2.45) is 0 Å². The largest absolute Gasteiger partial charge is 0.507 e. The van der Waals surface area contributed by atoms with Crippen LogP contribution in [0.1, 0.15) is 11.1 Å². The van der Waals surface area contributed by atoms with Crippen molar-refractivity contribution in [2.75, 3.05) is 5.52 Å². The third-order valence-electron chi connectivity index (χ3n) is 3.37. The molecule has 3 heteroatoms. The van der Waals surface area contributed by atoms with Crippen molar-refractivity contribution < 1.29 is 9.84 Å². The maximum Gasteiger partial charge on any atom is 0.143 e. The number of allylic oxidation sites excluding steroid dienone is 2. The summed E-state index contributed by atoms with van der Waals surface area (Å²) in [4.78, 5) is 0. The van der Waals surface area contributed by atoms with Crippen LogP contribution in [-0.2, 0) is 12.8 Å². The van der Waals surface area contributed by atoms with E-state index in [0.717, 1.165) is 40.8 Å². The molecule has 0 amide bonds. The minimum Gasteiger partial charge on any atom is -0.507 e. The van der Waals surface area contributed by atoms with Gasteiger partial charge in [0.25, 0.3) is 0 Å². The van der Waals surface area contributed by atoms with E-state index >= 15 is 0 Å². The molecular weight excluding hydrogens is 340 g/mol. The van der Waals surface area contributed by atoms with Crippen LogP contribution in [0, 0.1) is 0 Å². The van der Waals surface area contributed by atoms with E-state index in [9.17, 15) is 5.11 Å². The van der Waals surface area contributed by atoms with Gasteiger partial charge in [0.1, 0.15) is 17.0 Å². The van der Waals surface area contributed by atoms with E-state index in [1.807, 2.05) is 42.5 Å². The van der Waals surface area contributed by atoms with E-state index in [4.69, 9.17) is 4.74 Å². The van der Waals surface area contributed by atoms with Gasteiger partial charge in [-0.05, 0) is 64.2 Å². The molecule has 0 heterocycles. The highest BCUT2D eigenvalue weighted by Gasteiger charge is 2.12. The summed E-state index contributed by atoms with van der Waals surface area (Å²) in [5.74, 6) is 0.971. The predicted octanol–water partition coefficient (Wildman–Crippen LogP) is 5.25. The van der Waals surface area contributed by atoms with Gasteiger partial charge in [-0.25, -0.2) is 0 Å². The van der Waals surface area contributed by atoms with Crippen molar-refractivity contribution in [1.29, 1.82) is 0 Å². The summed E-state index contributed by atoms with van der Waals surface area (Å²) in [5, 5.41) is 10.3. The molecular formula is C19H19BrO2. The molecule has 0 unspecified atom stereocenters. The molecule has 0 aliphatic heterocycles. The van der Waals surface area contributed by atoms with Crippen molar-refractivity contribution >= 4 is 15.9 Å². The number of aromatic hydroxyl groups is 1. The van der Waals surface area contributed by atoms with Gasteiger partial charge in [-0.3, -0.25) is 0 Å². The van der Waals surface area contributed by atoms with Gasteiger partial charge in [0.15, 0.2) is 0 Å². The van der Waals surface area contributed by atoms with Crippen LogP contribution in [-0.4, -0.2) is 10.6 Å². The Morgan fingerprint density at radius 2 is 1.55 bits per heavy atom. The van der Waals surface area contributed by atoms with Crippen molar-refractivity contribution in [3.63, 3.8) is 0 Å². The number of hydrogen-bond donors (Lipinski definition) is 1. The second-order valence-electron chi connectivity index (χ2n) is 4.92. The van der Waals surface area contributed by atoms with Gasteiger partial charge in [0.2, 0.25) is 0 Å². The van der Waals surface area contributed by atoms with E-state index in [-0.39, 0.29) is 5.75 Å². The lowest BCUT2D eigenvalue weighted by atomic mass is 9.97. The molecule has 0 atom stereocenters. The van der Waals surface area contributed by atoms with Gasteiger partial charge in [-0.15, -0.1) is 13.2 Å². The standard InChI is InChI=1S/C19H19BrO2/c1-3-5-14-7-9-18(21)16(11-14)17-12-15(6-4-2)8-10-19(17)22-13-20/h3-4,7-12,21H,1-2,5-6,13H2. The summed E-state index contributed by atoms with van der Waals surface area (Å²) in [6.45, 7) is 7.54. The van der Waals surface area contributed by atoms with Gasteiger partial charge in [-0.1, -0.05) is 24.3 Å². The molecule has 0 bridgehead atoms. The molecule has 2 rings (SSSR count). The Morgan fingerprint density at radius 1 is 0.955 bits per heavy atom. The number of hydrogen-bond acceptors (Lipinski definition) is 2. The summed E-state index contributed by atoms with van der Waals surface area (Å²) >= 11 is 3.29. The lowest BCUT2D eigenvalue weighted by molar-refractivity contribution is 0.399. The van der Waals surface area contributed by atoms with E-state index in [1.165, 1.54) is 0 Å². The lowest BCUT2D eigenvalue weighted by Gasteiger charge is -2.14. The van der Waals surface area contributed by atoms with Crippen LogP contribution in [0.15, 0.2) is 61.7 Å². The number of ether oxygens (including phenoxy) is 1. The molecule has 114 valence electrons. The number of benzene rings is 2. The highest BCUT2D eigenvalue weighted by Crippen LogP contribution is 2.37. The van der Waals surface area contributed by atoms with Gasteiger partial charge in [-0.2, -0.15) is 0 Å². The SMILES string of the molecule is C=CCc1ccc(O)c(-c2cc(CC=C)ccc2OCBr)c1. The zero-order valence-corrected chi connectivity index (χ0v) is 14.0. The molecule has 1 N–H and O–H groups in total. The Balaban J connectivity index is 2.57. The van der Waals surface area contributed by atoms with Crippen molar-refractivity contribution in [3.8, 4) is 22.6 Å². The minimum atomic E-state index is 0.239. The fraction of sp³-hybridized carbons (Fsp3) is 0.158. The number of rotatable bonds is 7. The smallest absolute Gasteiger partial charge is 0.143 e. The normalized spacial score (nSPS) is 10.2. The predicted molar refractivity (Wildman–Crippen MR) is 95.8 cm³/mol. The molecule has 0 radical (unpaired) electrons. The highest BCUT2D eigenvalue weighted by molar-refractivity contribution is 9.09. The molecule has 0 aliphatic carbocycles. The Kier molecular flexibility index (Phi) is 5.84. The average Bonchev–Trinajstić information content (AvgIpc) is 2.51. The summed E-state index contributed by atoms with van der Waals surface area (Å²) in [7, 11) is 0. The van der Waals surface area contributed by atoms with Crippen LogP contribution in [0.4, 0.5) is 0 Å². The first-order valence-corrected chi connectivity index (χ1v) is 8.17. The molecule has 0 saturated carbocycles. The number of phenols is 1. The third-order valence-corrected chi connectivity index (χ3v) is 3.59. The molecule has 2 nitrogen and oxygen atoms in total. The Hall–Kier alpha value is -2.00. The zero-order valence-electron chi connectivity index (χ0n) is 12.4. The third kappa shape index (κ3) is 3.80. The maximum absolute atomic E-state index is 10.3.